The predicted molar refractivity (Wildman–Crippen MR) is 71.0 cm³/mol. The van der Waals surface area contributed by atoms with Gasteiger partial charge in [-0.3, -0.25) is 14.9 Å². The van der Waals surface area contributed by atoms with E-state index in [1.807, 2.05) is 12.2 Å². The maximum absolute atomic E-state index is 12.3. The monoisotopic (exact) mass is 293 g/mol. The standard InChI is InChI=1S/C13H12ClN3O3/c14-8-3-4-15-13(16-8)17-11(18)9-6-1-2-7(5-6)10(9)12(19)20/h1-4,6-7,9-10H,5H2,(H,19,20)(H,15,16,17,18). The first-order valence-electron chi connectivity index (χ1n) is 6.27. The number of aromatic nitrogens is 2. The molecule has 1 amide bonds. The van der Waals surface area contributed by atoms with Crippen molar-refractivity contribution in [2.24, 2.45) is 23.7 Å². The summed E-state index contributed by atoms with van der Waals surface area (Å²) in [5.41, 5.74) is 0. The summed E-state index contributed by atoms with van der Waals surface area (Å²) in [5.74, 6) is -2.55. The van der Waals surface area contributed by atoms with Crippen molar-refractivity contribution in [2.45, 2.75) is 6.42 Å². The average Bonchev–Trinajstić information content (AvgIpc) is 2.98. The molecule has 104 valence electrons. The van der Waals surface area contributed by atoms with Crippen molar-refractivity contribution in [2.75, 3.05) is 5.32 Å². The maximum Gasteiger partial charge on any atom is 0.307 e. The van der Waals surface area contributed by atoms with Crippen molar-refractivity contribution in [3.63, 3.8) is 0 Å². The third-order valence-corrected chi connectivity index (χ3v) is 4.11. The molecule has 20 heavy (non-hydrogen) atoms. The van der Waals surface area contributed by atoms with E-state index >= 15 is 0 Å². The second kappa shape index (κ2) is 4.86. The molecule has 1 aromatic heterocycles. The number of carboxylic acids is 1. The van der Waals surface area contributed by atoms with Gasteiger partial charge in [0.15, 0.2) is 0 Å². The fourth-order valence-electron chi connectivity index (χ4n) is 3.11. The van der Waals surface area contributed by atoms with Crippen LogP contribution in [0.3, 0.4) is 0 Å². The topological polar surface area (TPSA) is 92.2 Å². The van der Waals surface area contributed by atoms with Crippen LogP contribution >= 0.6 is 11.6 Å². The van der Waals surface area contributed by atoms with Gasteiger partial charge in [-0.25, -0.2) is 9.97 Å². The molecule has 2 aliphatic carbocycles. The van der Waals surface area contributed by atoms with Gasteiger partial charge in [-0.05, 0) is 24.3 Å². The first kappa shape index (κ1) is 13.1. The highest BCUT2D eigenvalue weighted by Gasteiger charge is 2.51. The number of nitrogens with zero attached hydrogens (tertiary/aromatic N) is 2. The van der Waals surface area contributed by atoms with Gasteiger partial charge >= 0.3 is 5.97 Å². The lowest BCUT2D eigenvalue weighted by atomic mass is 9.82. The Kier molecular flexibility index (Phi) is 3.17. The Balaban J connectivity index is 1.80. The zero-order chi connectivity index (χ0) is 14.3. The van der Waals surface area contributed by atoms with Crippen molar-refractivity contribution in [1.82, 2.24) is 9.97 Å². The molecule has 0 radical (unpaired) electrons. The van der Waals surface area contributed by atoms with E-state index in [1.165, 1.54) is 12.3 Å². The Morgan fingerprint density at radius 1 is 1.30 bits per heavy atom. The Morgan fingerprint density at radius 3 is 2.65 bits per heavy atom. The van der Waals surface area contributed by atoms with Crippen LogP contribution in [0.15, 0.2) is 24.4 Å². The van der Waals surface area contributed by atoms with Gasteiger partial charge in [-0.15, -0.1) is 0 Å². The van der Waals surface area contributed by atoms with Crippen molar-refractivity contribution >= 4 is 29.4 Å². The Labute approximate surface area is 119 Å². The van der Waals surface area contributed by atoms with Crippen LogP contribution in [0.4, 0.5) is 5.95 Å². The van der Waals surface area contributed by atoms with Crippen LogP contribution in [0.1, 0.15) is 6.42 Å². The van der Waals surface area contributed by atoms with Gasteiger partial charge in [0, 0.05) is 6.20 Å². The highest BCUT2D eigenvalue weighted by atomic mass is 35.5. The number of carbonyl (C=O) groups is 2. The summed E-state index contributed by atoms with van der Waals surface area (Å²) in [7, 11) is 0. The SMILES string of the molecule is O=C(O)C1C2C=CC(C2)C1C(=O)Nc1nccc(Cl)n1. The number of carboxylic acid groups (broad SMARTS) is 1. The first-order valence-corrected chi connectivity index (χ1v) is 6.64. The van der Waals surface area contributed by atoms with E-state index < -0.39 is 17.8 Å². The molecule has 2 bridgehead atoms. The number of amides is 1. The van der Waals surface area contributed by atoms with Gasteiger partial charge in [-0.1, -0.05) is 23.8 Å². The molecule has 4 unspecified atom stereocenters. The van der Waals surface area contributed by atoms with E-state index in [9.17, 15) is 14.7 Å². The third-order valence-electron chi connectivity index (χ3n) is 3.90. The van der Waals surface area contributed by atoms with E-state index in [0.29, 0.717) is 6.42 Å². The second-order valence-electron chi connectivity index (χ2n) is 5.03. The molecule has 1 heterocycles. The first-order chi connectivity index (χ1) is 9.56. The summed E-state index contributed by atoms with van der Waals surface area (Å²) in [5, 5.41) is 12.1. The predicted octanol–water partition coefficient (Wildman–Crippen LogP) is 1.59. The molecular weight excluding hydrogens is 282 g/mol. The number of hydrogen-bond donors (Lipinski definition) is 2. The van der Waals surface area contributed by atoms with Gasteiger partial charge in [0.25, 0.3) is 0 Å². The quantitative estimate of drug-likeness (QED) is 0.652. The third kappa shape index (κ3) is 2.16. The average molecular weight is 294 g/mol. The van der Waals surface area contributed by atoms with Gasteiger partial charge in [0.2, 0.25) is 11.9 Å². The van der Waals surface area contributed by atoms with Crippen LogP contribution in [-0.2, 0) is 9.59 Å². The lowest BCUT2D eigenvalue weighted by molar-refractivity contribution is -0.146. The number of carbonyl (C=O) groups excluding carboxylic acids is 1. The number of fused-ring (bicyclic) bond motifs is 2. The molecule has 6 nitrogen and oxygen atoms in total. The number of anilines is 1. The summed E-state index contributed by atoms with van der Waals surface area (Å²) in [4.78, 5) is 31.4. The molecule has 1 aromatic rings. The van der Waals surface area contributed by atoms with Crippen LogP contribution in [0.2, 0.25) is 5.15 Å². The number of rotatable bonds is 3. The normalized spacial score (nSPS) is 30.4. The van der Waals surface area contributed by atoms with Crippen LogP contribution in [-0.4, -0.2) is 27.0 Å². The number of aliphatic carboxylic acids is 1. The zero-order valence-corrected chi connectivity index (χ0v) is 11.1. The fourth-order valence-corrected chi connectivity index (χ4v) is 3.24. The molecule has 0 aliphatic heterocycles. The van der Waals surface area contributed by atoms with Crippen molar-refractivity contribution in [3.8, 4) is 0 Å². The largest absolute Gasteiger partial charge is 0.481 e. The molecule has 2 N–H and O–H groups in total. The van der Waals surface area contributed by atoms with Crippen LogP contribution < -0.4 is 5.32 Å². The number of hydrogen-bond acceptors (Lipinski definition) is 4. The number of halogens is 1. The van der Waals surface area contributed by atoms with Gasteiger partial charge < -0.3 is 5.11 Å². The Bertz CT molecular complexity index is 604. The molecule has 0 saturated heterocycles. The molecule has 0 aromatic carbocycles. The van der Waals surface area contributed by atoms with E-state index in [0.717, 1.165) is 0 Å². The molecule has 4 atom stereocenters. The minimum Gasteiger partial charge on any atom is -0.481 e. The minimum absolute atomic E-state index is 0.0275. The molecule has 1 saturated carbocycles. The molecule has 7 heteroatoms. The van der Waals surface area contributed by atoms with E-state index in [-0.39, 0.29) is 28.8 Å². The Morgan fingerprint density at radius 2 is 2.00 bits per heavy atom. The van der Waals surface area contributed by atoms with Gasteiger partial charge in [0.05, 0.1) is 11.8 Å². The van der Waals surface area contributed by atoms with Crippen molar-refractivity contribution in [3.05, 3.63) is 29.6 Å². The maximum atomic E-state index is 12.3. The zero-order valence-electron chi connectivity index (χ0n) is 10.4. The summed E-state index contributed by atoms with van der Waals surface area (Å²) in [6.07, 6.45) is 5.96. The highest BCUT2D eigenvalue weighted by molar-refractivity contribution is 6.29. The molecule has 0 spiro atoms. The van der Waals surface area contributed by atoms with E-state index in [4.69, 9.17) is 11.6 Å². The summed E-state index contributed by atoms with van der Waals surface area (Å²) >= 11 is 5.72. The van der Waals surface area contributed by atoms with E-state index in [2.05, 4.69) is 15.3 Å². The molecular formula is C13H12ClN3O3. The Hall–Kier alpha value is -1.95. The number of nitrogens with one attached hydrogen (secondary N) is 1. The fraction of sp³-hybridized carbons (Fsp3) is 0.385. The summed E-state index contributed by atoms with van der Waals surface area (Å²) in [6, 6.07) is 1.50. The van der Waals surface area contributed by atoms with Crippen LogP contribution in [0.25, 0.3) is 0 Å². The molecule has 2 aliphatic rings. The lowest BCUT2D eigenvalue weighted by Gasteiger charge is -2.23. The highest BCUT2D eigenvalue weighted by Crippen LogP contribution is 2.48. The number of allylic oxidation sites excluding steroid dienone is 2. The van der Waals surface area contributed by atoms with Crippen molar-refractivity contribution in [1.29, 1.82) is 0 Å². The van der Waals surface area contributed by atoms with Crippen molar-refractivity contribution < 1.29 is 14.7 Å². The second-order valence-corrected chi connectivity index (χ2v) is 5.42. The molecule has 1 fully saturated rings. The molecule has 3 rings (SSSR count). The van der Waals surface area contributed by atoms with Crippen LogP contribution in [0, 0.1) is 23.7 Å². The van der Waals surface area contributed by atoms with E-state index in [1.54, 1.807) is 0 Å². The van der Waals surface area contributed by atoms with Gasteiger partial charge in [-0.2, -0.15) is 0 Å². The summed E-state index contributed by atoms with van der Waals surface area (Å²) < 4.78 is 0. The summed E-state index contributed by atoms with van der Waals surface area (Å²) in [6.45, 7) is 0. The lowest BCUT2D eigenvalue weighted by Crippen LogP contribution is -2.36. The van der Waals surface area contributed by atoms with Crippen LogP contribution in [0.5, 0.6) is 0 Å². The minimum atomic E-state index is -0.936. The van der Waals surface area contributed by atoms with Gasteiger partial charge in [0.1, 0.15) is 5.15 Å². The smallest absolute Gasteiger partial charge is 0.307 e.